The Balaban J connectivity index is 1.09. The summed E-state index contributed by atoms with van der Waals surface area (Å²) >= 11 is 0. The summed E-state index contributed by atoms with van der Waals surface area (Å²) in [5.74, 6) is 0.0746. The number of fused-ring (bicyclic) bond motifs is 1. The molecule has 3 fully saturated rings. The number of hydrogen-bond acceptors (Lipinski definition) is 7. The van der Waals surface area contributed by atoms with Crippen molar-refractivity contribution in [2.24, 2.45) is 0 Å². The van der Waals surface area contributed by atoms with Gasteiger partial charge in [0.05, 0.1) is 0 Å². The van der Waals surface area contributed by atoms with Crippen molar-refractivity contribution in [3.8, 4) is 5.75 Å². The standard InChI is InChI=1S/C37H52N6O5/c1-26-23-28(24-27(2)33(26)44)25-32(34(45)40-17-12-37(3,13-18-40)42-21-19-39(4)20-22-42)48-36(47)41-14-10-30(11-15-41)43-16-9-29-7-5-6-8-31(29)38-35(43)46/h5-8,23-24,30,32,44H,9-22,25H2,1-4H3,(H,38,46). The highest BCUT2D eigenvalue weighted by Crippen LogP contribution is 2.31. The average Bonchev–Trinajstić information content (AvgIpc) is 3.25. The van der Waals surface area contributed by atoms with Gasteiger partial charge >= 0.3 is 12.1 Å². The summed E-state index contributed by atoms with van der Waals surface area (Å²) in [7, 11) is 2.16. The minimum absolute atomic E-state index is 0.0201. The molecule has 0 aliphatic carbocycles. The largest absolute Gasteiger partial charge is 0.507 e. The number of nitrogens with one attached hydrogen (secondary N) is 1. The predicted molar refractivity (Wildman–Crippen MR) is 185 cm³/mol. The number of aryl methyl sites for hydroxylation is 2. The molecule has 0 saturated carbocycles. The van der Waals surface area contributed by atoms with Crippen molar-refractivity contribution in [1.82, 2.24) is 24.5 Å². The van der Waals surface area contributed by atoms with E-state index in [0.717, 1.165) is 73.4 Å². The van der Waals surface area contributed by atoms with Gasteiger partial charge in [0.1, 0.15) is 5.75 Å². The van der Waals surface area contributed by atoms with E-state index in [1.165, 1.54) is 0 Å². The molecule has 1 unspecified atom stereocenters. The van der Waals surface area contributed by atoms with Crippen LogP contribution in [0.4, 0.5) is 15.3 Å². The summed E-state index contributed by atoms with van der Waals surface area (Å²) in [5.41, 5.74) is 4.34. The fourth-order valence-corrected chi connectivity index (χ4v) is 7.93. The van der Waals surface area contributed by atoms with E-state index in [9.17, 15) is 19.5 Å². The number of urea groups is 1. The molecule has 2 aromatic carbocycles. The molecular formula is C37H52N6O5. The Kier molecular flexibility index (Phi) is 10.2. The summed E-state index contributed by atoms with van der Waals surface area (Å²) in [6.07, 6.45) is 2.60. The van der Waals surface area contributed by atoms with Crippen molar-refractivity contribution in [3.63, 3.8) is 0 Å². The lowest BCUT2D eigenvalue weighted by atomic mass is 9.86. The van der Waals surface area contributed by atoms with Gasteiger partial charge in [-0.3, -0.25) is 9.69 Å². The number of para-hydroxylation sites is 1. The molecule has 3 saturated heterocycles. The Labute approximate surface area is 284 Å². The number of piperazine rings is 1. The second kappa shape index (κ2) is 14.3. The number of benzene rings is 2. The summed E-state index contributed by atoms with van der Waals surface area (Å²) < 4.78 is 6.09. The maximum Gasteiger partial charge on any atom is 0.410 e. The third-order valence-corrected chi connectivity index (χ3v) is 11.2. The third-order valence-electron chi connectivity index (χ3n) is 11.2. The monoisotopic (exact) mass is 660 g/mol. The zero-order valence-corrected chi connectivity index (χ0v) is 29.0. The van der Waals surface area contributed by atoms with Crippen LogP contribution in [0, 0.1) is 13.8 Å². The predicted octanol–water partition coefficient (Wildman–Crippen LogP) is 4.24. The summed E-state index contributed by atoms with van der Waals surface area (Å²) in [6, 6.07) is 11.6. The first kappa shape index (κ1) is 34.0. The molecule has 4 aliphatic heterocycles. The number of aromatic hydroxyl groups is 1. The van der Waals surface area contributed by atoms with Gasteiger partial charge in [-0.15, -0.1) is 0 Å². The van der Waals surface area contributed by atoms with Crippen molar-refractivity contribution in [1.29, 1.82) is 0 Å². The van der Waals surface area contributed by atoms with Gasteiger partial charge in [-0.1, -0.05) is 30.3 Å². The highest BCUT2D eigenvalue weighted by atomic mass is 16.6. The van der Waals surface area contributed by atoms with Crippen LogP contribution in [0.3, 0.4) is 0 Å². The number of carbonyl (C=O) groups is 3. The number of rotatable bonds is 6. The molecule has 1 atom stereocenters. The maximum absolute atomic E-state index is 14.1. The number of anilines is 1. The minimum atomic E-state index is -0.971. The van der Waals surface area contributed by atoms with E-state index in [-0.39, 0.29) is 35.7 Å². The van der Waals surface area contributed by atoms with E-state index in [1.54, 1.807) is 4.90 Å². The number of likely N-dealkylation sites (N-methyl/N-ethyl adjacent to an activating group) is 1. The van der Waals surface area contributed by atoms with Gasteiger partial charge in [0.25, 0.3) is 5.91 Å². The lowest BCUT2D eigenvalue weighted by Gasteiger charge is -2.49. The van der Waals surface area contributed by atoms with Crippen molar-refractivity contribution in [2.75, 3.05) is 71.3 Å². The molecule has 0 bridgehead atoms. The molecule has 48 heavy (non-hydrogen) atoms. The molecule has 2 aromatic rings. The second-order valence-corrected chi connectivity index (χ2v) is 14.5. The number of hydrogen-bond donors (Lipinski definition) is 2. The van der Waals surface area contributed by atoms with Gasteiger partial charge in [0.2, 0.25) is 0 Å². The smallest absolute Gasteiger partial charge is 0.410 e. The summed E-state index contributed by atoms with van der Waals surface area (Å²) in [4.78, 5) is 51.2. The van der Waals surface area contributed by atoms with Crippen LogP contribution >= 0.6 is 0 Å². The van der Waals surface area contributed by atoms with E-state index >= 15 is 0 Å². The Bertz CT molecular complexity index is 1470. The normalized spacial score (nSPS) is 21.7. The second-order valence-electron chi connectivity index (χ2n) is 14.5. The van der Waals surface area contributed by atoms with Crippen LogP contribution in [0.25, 0.3) is 0 Å². The average molecular weight is 661 g/mol. The lowest BCUT2D eigenvalue weighted by molar-refractivity contribution is -0.143. The number of phenols is 1. The molecule has 6 rings (SSSR count). The van der Waals surface area contributed by atoms with Crippen LogP contribution < -0.4 is 5.32 Å². The number of likely N-dealkylation sites (tertiary alicyclic amines) is 2. The topological polar surface area (TPSA) is 109 Å². The lowest BCUT2D eigenvalue weighted by Crippen LogP contribution is -2.60. The molecule has 0 aromatic heterocycles. The van der Waals surface area contributed by atoms with Crippen LogP contribution in [-0.2, 0) is 22.4 Å². The molecule has 11 heteroatoms. The molecule has 0 radical (unpaired) electrons. The van der Waals surface area contributed by atoms with Gasteiger partial charge in [0, 0.05) is 82.6 Å². The molecule has 260 valence electrons. The fourth-order valence-electron chi connectivity index (χ4n) is 7.93. The Morgan fingerprint density at radius 1 is 0.938 bits per heavy atom. The van der Waals surface area contributed by atoms with Crippen LogP contribution in [0.15, 0.2) is 36.4 Å². The van der Waals surface area contributed by atoms with Gasteiger partial charge in [0.15, 0.2) is 6.10 Å². The van der Waals surface area contributed by atoms with Crippen LogP contribution in [0.2, 0.25) is 0 Å². The van der Waals surface area contributed by atoms with Gasteiger partial charge in [-0.2, -0.15) is 0 Å². The third kappa shape index (κ3) is 7.42. The maximum atomic E-state index is 14.1. The van der Waals surface area contributed by atoms with E-state index in [2.05, 4.69) is 29.1 Å². The molecule has 4 amide bonds. The minimum Gasteiger partial charge on any atom is -0.507 e. The Morgan fingerprint density at radius 3 is 2.25 bits per heavy atom. The number of carbonyl (C=O) groups excluding carboxylic acids is 3. The van der Waals surface area contributed by atoms with Crippen LogP contribution in [0.1, 0.15) is 54.9 Å². The van der Waals surface area contributed by atoms with E-state index < -0.39 is 12.2 Å². The molecule has 4 aliphatic rings. The number of nitrogens with zero attached hydrogens (tertiary/aromatic N) is 5. The Hall–Kier alpha value is -3.83. The zero-order valence-electron chi connectivity index (χ0n) is 29.0. The van der Waals surface area contributed by atoms with Crippen LogP contribution in [0.5, 0.6) is 5.75 Å². The highest BCUT2D eigenvalue weighted by molar-refractivity contribution is 5.91. The molecule has 0 spiro atoms. The summed E-state index contributed by atoms with van der Waals surface area (Å²) in [6.45, 7) is 12.9. The molecule has 2 N–H and O–H groups in total. The molecule has 11 nitrogen and oxygen atoms in total. The SMILES string of the molecule is Cc1cc(CC(OC(=O)N2CCC(N3CCc4ccccc4NC3=O)CC2)C(=O)N2CCC(C)(N3CCN(C)CC3)CC2)cc(C)c1O. The number of ether oxygens (including phenoxy) is 1. The quantitative estimate of drug-likeness (QED) is 0.477. The van der Waals surface area contributed by atoms with E-state index in [1.807, 2.05) is 60.0 Å². The van der Waals surface area contributed by atoms with Gasteiger partial charge in [-0.05, 0) is 88.2 Å². The number of piperidine rings is 2. The number of amides is 4. The van der Waals surface area contributed by atoms with E-state index in [4.69, 9.17) is 4.74 Å². The first-order valence-electron chi connectivity index (χ1n) is 17.6. The summed E-state index contributed by atoms with van der Waals surface area (Å²) in [5, 5.41) is 13.4. The van der Waals surface area contributed by atoms with Crippen LogP contribution in [-0.4, -0.2) is 131 Å². The zero-order chi connectivity index (χ0) is 34.0. The fraction of sp³-hybridized carbons (Fsp3) is 0.595. The van der Waals surface area contributed by atoms with Crippen molar-refractivity contribution < 1.29 is 24.2 Å². The van der Waals surface area contributed by atoms with E-state index in [0.29, 0.717) is 45.6 Å². The highest BCUT2D eigenvalue weighted by Gasteiger charge is 2.40. The van der Waals surface area contributed by atoms with Gasteiger partial charge in [-0.25, -0.2) is 9.59 Å². The molecular weight excluding hydrogens is 608 g/mol. The first-order valence-corrected chi connectivity index (χ1v) is 17.6. The van der Waals surface area contributed by atoms with Gasteiger partial charge < -0.3 is 34.8 Å². The first-order chi connectivity index (χ1) is 23.0. The Morgan fingerprint density at radius 2 is 1.58 bits per heavy atom. The van der Waals surface area contributed by atoms with Crippen molar-refractivity contribution in [3.05, 3.63) is 58.7 Å². The van der Waals surface area contributed by atoms with Crippen molar-refractivity contribution in [2.45, 2.75) is 77.0 Å². The van der Waals surface area contributed by atoms with Crippen molar-refractivity contribution >= 4 is 23.7 Å². The number of phenolic OH excluding ortho intramolecular Hbond substituents is 1. The molecule has 4 heterocycles.